The van der Waals surface area contributed by atoms with Crippen LogP contribution in [0.3, 0.4) is 0 Å². The van der Waals surface area contributed by atoms with Gasteiger partial charge in [-0.2, -0.15) is 5.10 Å². The second kappa shape index (κ2) is 5.20. The summed E-state index contributed by atoms with van der Waals surface area (Å²) in [5.74, 6) is 2.42. The summed E-state index contributed by atoms with van der Waals surface area (Å²) in [7, 11) is 0. The fraction of sp³-hybridized carbons (Fsp3) is 0.400. The van der Waals surface area contributed by atoms with Crippen LogP contribution in [0.1, 0.15) is 17.4 Å². The Balaban J connectivity index is 2.57. The Kier molecular flexibility index (Phi) is 3.89. The summed E-state index contributed by atoms with van der Waals surface area (Å²) in [4.78, 5) is 11.6. The number of hydrogen-bond donors (Lipinski definition) is 1. The van der Waals surface area contributed by atoms with Crippen molar-refractivity contribution in [1.29, 1.82) is 0 Å². The zero-order valence-electron chi connectivity index (χ0n) is 8.16. The molecule has 0 fully saturated rings. The van der Waals surface area contributed by atoms with Gasteiger partial charge in [-0.3, -0.25) is 14.8 Å². The van der Waals surface area contributed by atoms with Crippen LogP contribution in [-0.4, -0.2) is 28.7 Å². The Morgan fingerprint density at radius 2 is 2.57 bits per heavy atom. The highest BCUT2D eigenvalue weighted by Crippen LogP contribution is 1.99. The van der Waals surface area contributed by atoms with E-state index in [1.807, 2.05) is 6.92 Å². The highest BCUT2D eigenvalue weighted by atomic mass is 16.1. The minimum atomic E-state index is 0.0135. The molecule has 0 unspecified atom stereocenters. The number of nitrogens with one attached hydrogen (secondary N) is 1. The minimum absolute atomic E-state index is 0.0135. The van der Waals surface area contributed by atoms with Gasteiger partial charge in [-0.15, -0.1) is 6.42 Å². The molecule has 0 aliphatic heterocycles. The monoisotopic (exact) mass is 191 g/mol. The molecule has 0 amide bonds. The van der Waals surface area contributed by atoms with Crippen LogP contribution in [0.25, 0.3) is 0 Å². The number of nitrogens with zero attached hydrogens (tertiary/aromatic N) is 2. The molecule has 0 spiro atoms. The zero-order valence-corrected chi connectivity index (χ0v) is 8.16. The molecule has 1 heterocycles. The first-order valence-electron chi connectivity index (χ1n) is 4.48. The van der Waals surface area contributed by atoms with Crippen molar-refractivity contribution in [2.45, 2.75) is 13.5 Å². The van der Waals surface area contributed by atoms with Gasteiger partial charge in [0, 0.05) is 12.7 Å². The van der Waals surface area contributed by atoms with E-state index in [9.17, 15) is 4.79 Å². The lowest BCUT2D eigenvalue weighted by atomic mass is 10.3. The van der Waals surface area contributed by atoms with Gasteiger partial charge in [-0.05, 0) is 13.0 Å². The standard InChI is InChI=1S/C10H13N3O/c1-3-6-11-8-10(14)9-5-7-12-13(9)4-2/h1,5,7,11H,4,6,8H2,2H3. The summed E-state index contributed by atoms with van der Waals surface area (Å²) in [6.07, 6.45) is 6.67. The number of carbonyl (C=O) groups is 1. The first-order chi connectivity index (χ1) is 6.79. The second-order valence-electron chi connectivity index (χ2n) is 2.76. The van der Waals surface area contributed by atoms with Crippen molar-refractivity contribution >= 4 is 5.78 Å². The van der Waals surface area contributed by atoms with Crippen LogP contribution in [-0.2, 0) is 6.54 Å². The molecule has 0 aliphatic rings. The molecule has 1 N–H and O–H groups in total. The molecule has 0 radical (unpaired) electrons. The Morgan fingerprint density at radius 1 is 1.79 bits per heavy atom. The Morgan fingerprint density at radius 3 is 3.21 bits per heavy atom. The van der Waals surface area contributed by atoms with E-state index in [0.717, 1.165) is 0 Å². The number of aromatic nitrogens is 2. The van der Waals surface area contributed by atoms with Crippen LogP contribution < -0.4 is 5.32 Å². The van der Waals surface area contributed by atoms with Gasteiger partial charge in [-0.25, -0.2) is 0 Å². The lowest BCUT2D eigenvalue weighted by molar-refractivity contribution is 0.0982. The van der Waals surface area contributed by atoms with Crippen molar-refractivity contribution in [3.05, 3.63) is 18.0 Å². The summed E-state index contributed by atoms with van der Waals surface area (Å²) < 4.78 is 1.67. The maximum atomic E-state index is 11.6. The Hall–Kier alpha value is -1.60. The number of rotatable bonds is 5. The molecule has 0 aliphatic carbocycles. The van der Waals surface area contributed by atoms with Crippen LogP contribution in [0.15, 0.2) is 12.3 Å². The predicted molar refractivity (Wildman–Crippen MR) is 53.9 cm³/mol. The lowest BCUT2D eigenvalue weighted by Crippen LogP contribution is -2.25. The summed E-state index contributed by atoms with van der Waals surface area (Å²) in [5, 5.41) is 6.86. The molecule has 4 heteroatoms. The third kappa shape index (κ3) is 2.44. The fourth-order valence-electron chi connectivity index (χ4n) is 1.16. The highest BCUT2D eigenvalue weighted by molar-refractivity contribution is 5.96. The van der Waals surface area contributed by atoms with Crippen molar-refractivity contribution in [1.82, 2.24) is 15.1 Å². The van der Waals surface area contributed by atoms with E-state index in [1.165, 1.54) is 0 Å². The molecule has 14 heavy (non-hydrogen) atoms. The molecular formula is C10H13N3O. The summed E-state index contributed by atoms with van der Waals surface area (Å²) in [5.41, 5.74) is 0.622. The zero-order chi connectivity index (χ0) is 10.4. The maximum Gasteiger partial charge on any atom is 0.194 e. The number of aryl methyl sites for hydroxylation is 1. The molecule has 0 saturated carbocycles. The third-order valence-corrected chi connectivity index (χ3v) is 1.81. The van der Waals surface area contributed by atoms with Crippen molar-refractivity contribution in [2.75, 3.05) is 13.1 Å². The molecular weight excluding hydrogens is 178 g/mol. The van der Waals surface area contributed by atoms with Gasteiger partial charge < -0.3 is 0 Å². The van der Waals surface area contributed by atoms with Gasteiger partial charge in [0.25, 0.3) is 0 Å². The molecule has 74 valence electrons. The Labute approximate surface area is 83.3 Å². The maximum absolute atomic E-state index is 11.6. The van der Waals surface area contributed by atoms with Gasteiger partial charge in [0.2, 0.25) is 0 Å². The van der Waals surface area contributed by atoms with Gasteiger partial charge in [0.05, 0.1) is 13.1 Å². The van der Waals surface area contributed by atoms with Crippen LogP contribution >= 0.6 is 0 Å². The number of carbonyl (C=O) groups excluding carboxylic acids is 1. The van der Waals surface area contributed by atoms with Crippen LogP contribution in [0.4, 0.5) is 0 Å². The number of Topliss-reactive ketones (excluding diaryl/α,β-unsaturated/α-hetero) is 1. The predicted octanol–water partition coefficient (Wildman–Crippen LogP) is 0.308. The number of terminal acetylenes is 1. The summed E-state index contributed by atoms with van der Waals surface area (Å²) >= 11 is 0. The van der Waals surface area contributed by atoms with Crippen molar-refractivity contribution in [3.8, 4) is 12.3 Å². The van der Waals surface area contributed by atoms with E-state index < -0.39 is 0 Å². The first kappa shape index (κ1) is 10.5. The largest absolute Gasteiger partial charge is 0.299 e. The molecule has 0 atom stereocenters. The van der Waals surface area contributed by atoms with Crippen LogP contribution in [0.5, 0.6) is 0 Å². The number of hydrogen-bond acceptors (Lipinski definition) is 3. The van der Waals surface area contributed by atoms with Crippen molar-refractivity contribution < 1.29 is 4.79 Å². The molecule has 0 bridgehead atoms. The highest BCUT2D eigenvalue weighted by Gasteiger charge is 2.09. The summed E-state index contributed by atoms with van der Waals surface area (Å²) in [6, 6.07) is 1.71. The quantitative estimate of drug-likeness (QED) is 0.414. The van der Waals surface area contributed by atoms with Gasteiger partial charge in [0.15, 0.2) is 5.78 Å². The van der Waals surface area contributed by atoms with E-state index in [1.54, 1.807) is 16.9 Å². The molecule has 1 rings (SSSR count). The van der Waals surface area contributed by atoms with Crippen molar-refractivity contribution in [3.63, 3.8) is 0 Å². The van der Waals surface area contributed by atoms with E-state index in [0.29, 0.717) is 18.8 Å². The van der Waals surface area contributed by atoms with E-state index in [-0.39, 0.29) is 12.3 Å². The topological polar surface area (TPSA) is 46.9 Å². The normalized spacial score (nSPS) is 9.71. The molecule has 4 nitrogen and oxygen atoms in total. The molecule has 0 aromatic carbocycles. The van der Waals surface area contributed by atoms with E-state index >= 15 is 0 Å². The first-order valence-corrected chi connectivity index (χ1v) is 4.48. The van der Waals surface area contributed by atoms with Gasteiger partial charge in [0.1, 0.15) is 5.69 Å². The average molecular weight is 191 g/mol. The molecule has 0 saturated heterocycles. The fourth-order valence-corrected chi connectivity index (χ4v) is 1.16. The third-order valence-electron chi connectivity index (χ3n) is 1.81. The molecule has 1 aromatic heterocycles. The lowest BCUT2D eigenvalue weighted by Gasteiger charge is -2.03. The second-order valence-corrected chi connectivity index (χ2v) is 2.76. The van der Waals surface area contributed by atoms with Gasteiger partial charge in [-0.1, -0.05) is 5.92 Å². The molecule has 1 aromatic rings. The summed E-state index contributed by atoms with van der Waals surface area (Å²) in [6.45, 7) is 3.31. The average Bonchev–Trinajstić information content (AvgIpc) is 2.65. The SMILES string of the molecule is C#CCNCC(=O)c1ccnn1CC. The van der Waals surface area contributed by atoms with Gasteiger partial charge >= 0.3 is 0 Å². The van der Waals surface area contributed by atoms with Crippen molar-refractivity contribution in [2.24, 2.45) is 0 Å². The van der Waals surface area contributed by atoms with E-state index in [2.05, 4.69) is 16.3 Å². The minimum Gasteiger partial charge on any atom is -0.299 e. The van der Waals surface area contributed by atoms with Crippen LogP contribution in [0.2, 0.25) is 0 Å². The van der Waals surface area contributed by atoms with E-state index in [4.69, 9.17) is 6.42 Å². The smallest absolute Gasteiger partial charge is 0.194 e. The van der Waals surface area contributed by atoms with Crippen LogP contribution in [0, 0.1) is 12.3 Å². The Bertz CT molecular complexity index is 348. The number of ketones is 1.